The minimum absolute atomic E-state index is 0.389. The van der Waals surface area contributed by atoms with Crippen molar-refractivity contribution in [2.24, 2.45) is 7.05 Å². The lowest BCUT2D eigenvalue weighted by Gasteiger charge is -2.36. The lowest BCUT2D eigenvalue weighted by atomic mass is 10.2. The number of fused-ring (bicyclic) bond motifs is 1. The fourth-order valence-corrected chi connectivity index (χ4v) is 5.11. The van der Waals surface area contributed by atoms with Crippen LogP contribution in [0.5, 0.6) is 0 Å². The zero-order valence-corrected chi connectivity index (χ0v) is 19.3. The molecule has 0 spiro atoms. The average molecular weight is 463 g/mol. The SMILES string of the molecule is Cn1c(=O)[nH]c(=O)c2c1nc(N1CCN(c3ccccc3)CC1)n2CCSc1ccccc1. The van der Waals surface area contributed by atoms with Crippen LogP contribution in [-0.2, 0) is 13.6 Å². The number of rotatable bonds is 6. The summed E-state index contributed by atoms with van der Waals surface area (Å²) in [5.74, 6) is 1.53. The molecule has 1 saturated heterocycles. The van der Waals surface area contributed by atoms with Crippen LogP contribution in [0.1, 0.15) is 0 Å². The molecule has 0 amide bonds. The van der Waals surface area contributed by atoms with Crippen molar-refractivity contribution < 1.29 is 0 Å². The van der Waals surface area contributed by atoms with Crippen molar-refractivity contribution in [3.8, 4) is 0 Å². The number of H-pyrrole nitrogens is 1. The molecular weight excluding hydrogens is 436 g/mol. The number of anilines is 2. The van der Waals surface area contributed by atoms with Crippen molar-refractivity contribution in [2.75, 3.05) is 41.7 Å². The number of imidazole rings is 1. The molecule has 2 aromatic heterocycles. The van der Waals surface area contributed by atoms with Crippen LogP contribution in [0.3, 0.4) is 0 Å². The second-order valence-corrected chi connectivity index (χ2v) is 9.19. The van der Waals surface area contributed by atoms with Crippen LogP contribution in [0.15, 0.2) is 75.1 Å². The maximum absolute atomic E-state index is 12.8. The molecule has 33 heavy (non-hydrogen) atoms. The number of aromatic amines is 1. The first-order valence-corrected chi connectivity index (χ1v) is 12.0. The molecule has 1 N–H and O–H groups in total. The van der Waals surface area contributed by atoms with Crippen LogP contribution in [0.4, 0.5) is 11.6 Å². The number of para-hydroxylation sites is 1. The highest BCUT2D eigenvalue weighted by Crippen LogP contribution is 2.25. The van der Waals surface area contributed by atoms with Gasteiger partial charge >= 0.3 is 5.69 Å². The van der Waals surface area contributed by atoms with Crippen LogP contribution in [0.2, 0.25) is 0 Å². The second-order valence-electron chi connectivity index (χ2n) is 8.03. The summed E-state index contributed by atoms with van der Waals surface area (Å²) >= 11 is 1.74. The first-order valence-electron chi connectivity index (χ1n) is 11.0. The van der Waals surface area contributed by atoms with E-state index in [4.69, 9.17) is 4.98 Å². The van der Waals surface area contributed by atoms with Crippen molar-refractivity contribution in [1.29, 1.82) is 0 Å². The highest BCUT2D eigenvalue weighted by Gasteiger charge is 2.25. The van der Waals surface area contributed by atoms with Crippen molar-refractivity contribution in [1.82, 2.24) is 19.1 Å². The van der Waals surface area contributed by atoms with E-state index in [2.05, 4.69) is 51.2 Å². The van der Waals surface area contributed by atoms with Gasteiger partial charge in [-0.05, 0) is 24.3 Å². The van der Waals surface area contributed by atoms with Gasteiger partial charge in [-0.2, -0.15) is 4.98 Å². The van der Waals surface area contributed by atoms with Gasteiger partial charge in [0, 0.05) is 56.1 Å². The molecule has 1 fully saturated rings. The average Bonchev–Trinajstić information content (AvgIpc) is 3.24. The van der Waals surface area contributed by atoms with Crippen LogP contribution in [0.25, 0.3) is 11.2 Å². The van der Waals surface area contributed by atoms with Crippen molar-refractivity contribution in [3.63, 3.8) is 0 Å². The molecule has 9 heteroatoms. The predicted octanol–water partition coefficient (Wildman–Crippen LogP) is 2.54. The molecule has 0 saturated carbocycles. The summed E-state index contributed by atoms with van der Waals surface area (Å²) in [5.41, 5.74) is 1.25. The first-order chi connectivity index (χ1) is 16.1. The van der Waals surface area contributed by atoms with Gasteiger partial charge in [-0.1, -0.05) is 36.4 Å². The van der Waals surface area contributed by atoms with Gasteiger partial charge in [0.15, 0.2) is 11.2 Å². The molecule has 0 unspecified atom stereocenters. The van der Waals surface area contributed by atoms with Crippen LogP contribution >= 0.6 is 11.8 Å². The van der Waals surface area contributed by atoms with E-state index >= 15 is 0 Å². The molecule has 8 nitrogen and oxygen atoms in total. The minimum atomic E-state index is -0.448. The first kappa shape index (κ1) is 21.4. The van der Waals surface area contributed by atoms with E-state index in [9.17, 15) is 9.59 Å². The fraction of sp³-hybridized carbons (Fsp3) is 0.292. The molecule has 0 aliphatic carbocycles. The number of piperazine rings is 1. The molecule has 2 aromatic carbocycles. The number of aromatic nitrogens is 4. The smallest absolute Gasteiger partial charge is 0.329 e. The number of benzene rings is 2. The number of thioether (sulfide) groups is 1. The zero-order chi connectivity index (χ0) is 22.8. The normalized spacial score (nSPS) is 14.2. The standard InChI is InChI=1S/C24H26N6O2S/c1-27-21-20(22(31)26-24(27)32)30(16-17-33-19-10-6-3-7-11-19)23(25-21)29-14-12-28(13-15-29)18-8-4-2-5-9-18/h2-11H,12-17H2,1H3,(H,26,31,32). The Balaban J connectivity index is 1.44. The zero-order valence-electron chi connectivity index (χ0n) is 18.5. The van der Waals surface area contributed by atoms with Crippen molar-refractivity contribution >= 4 is 34.6 Å². The maximum atomic E-state index is 12.8. The highest BCUT2D eigenvalue weighted by molar-refractivity contribution is 7.99. The highest BCUT2D eigenvalue weighted by atomic mass is 32.2. The lowest BCUT2D eigenvalue weighted by molar-refractivity contribution is 0.623. The Bertz CT molecular complexity index is 1350. The summed E-state index contributed by atoms with van der Waals surface area (Å²) < 4.78 is 3.39. The molecule has 170 valence electrons. The van der Waals surface area contributed by atoms with E-state index in [1.165, 1.54) is 15.1 Å². The van der Waals surface area contributed by atoms with E-state index in [1.807, 2.05) is 28.8 Å². The third-order valence-electron chi connectivity index (χ3n) is 6.00. The third kappa shape index (κ3) is 4.28. The van der Waals surface area contributed by atoms with Gasteiger partial charge in [0.25, 0.3) is 5.56 Å². The molecular formula is C24H26N6O2S. The van der Waals surface area contributed by atoms with Crippen molar-refractivity contribution in [2.45, 2.75) is 11.4 Å². The van der Waals surface area contributed by atoms with E-state index in [0.29, 0.717) is 17.7 Å². The Hall–Kier alpha value is -3.46. The fourth-order valence-electron chi connectivity index (χ4n) is 4.25. The lowest BCUT2D eigenvalue weighted by Crippen LogP contribution is -2.47. The van der Waals surface area contributed by atoms with Gasteiger partial charge in [0.05, 0.1) is 0 Å². The summed E-state index contributed by atoms with van der Waals surface area (Å²) in [7, 11) is 1.65. The van der Waals surface area contributed by atoms with E-state index in [0.717, 1.165) is 37.9 Å². The number of nitrogens with zero attached hydrogens (tertiary/aromatic N) is 5. The van der Waals surface area contributed by atoms with Gasteiger partial charge in [0.1, 0.15) is 0 Å². The Kier molecular flexibility index (Phi) is 5.95. The molecule has 1 aliphatic heterocycles. The molecule has 4 aromatic rings. The summed E-state index contributed by atoms with van der Waals surface area (Å²) in [4.78, 5) is 37.9. The van der Waals surface area contributed by atoms with Crippen LogP contribution in [-0.4, -0.2) is 51.0 Å². The molecule has 5 rings (SSSR count). The van der Waals surface area contributed by atoms with Crippen molar-refractivity contribution in [3.05, 3.63) is 81.5 Å². The quantitative estimate of drug-likeness (QED) is 0.444. The third-order valence-corrected chi connectivity index (χ3v) is 6.99. The summed E-state index contributed by atoms with van der Waals surface area (Å²) in [6, 6.07) is 20.6. The Morgan fingerprint density at radius 3 is 2.24 bits per heavy atom. The van der Waals surface area contributed by atoms with Gasteiger partial charge in [-0.25, -0.2) is 4.79 Å². The Labute approximate surface area is 195 Å². The van der Waals surface area contributed by atoms with E-state index in [1.54, 1.807) is 18.8 Å². The minimum Gasteiger partial charge on any atom is -0.368 e. The Morgan fingerprint density at radius 1 is 0.909 bits per heavy atom. The molecule has 1 aliphatic rings. The molecule has 3 heterocycles. The monoisotopic (exact) mass is 462 g/mol. The number of nitrogens with one attached hydrogen (secondary N) is 1. The van der Waals surface area contributed by atoms with E-state index < -0.39 is 5.69 Å². The number of aryl methyl sites for hydroxylation is 2. The van der Waals surface area contributed by atoms with E-state index in [-0.39, 0.29) is 5.56 Å². The van der Waals surface area contributed by atoms with Crippen LogP contribution in [0, 0.1) is 0 Å². The van der Waals surface area contributed by atoms with Gasteiger partial charge in [-0.15, -0.1) is 11.8 Å². The molecule has 0 radical (unpaired) electrons. The van der Waals surface area contributed by atoms with Gasteiger partial charge in [-0.3, -0.25) is 14.3 Å². The van der Waals surface area contributed by atoms with Crippen LogP contribution < -0.4 is 21.0 Å². The molecule has 0 bridgehead atoms. The number of hydrogen-bond donors (Lipinski definition) is 1. The Morgan fingerprint density at radius 2 is 1.55 bits per heavy atom. The number of hydrogen-bond acceptors (Lipinski definition) is 6. The van der Waals surface area contributed by atoms with Gasteiger partial charge < -0.3 is 14.4 Å². The predicted molar refractivity (Wildman–Crippen MR) is 134 cm³/mol. The largest absolute Gasteiger partial charge is 0.368 e. The van der Waals surface area contributed by atoms with Gasteiger partial charge in [0.2, 0.25) is 5.95 Å². The topological polar surface area (TPSA) is 79.2 Å². The maximum Gasteiger partial charge on any atom is 0.329 e. The summed E-state index contributed by atoms with van der Waals surface area (Å²) in [6.07, 6.45) is 0. The summed E-state index contributed by atoms with van der Waals surface area (Å²) in [5, 5.41) is 0. The summed E-state index contributed by atoms with van der Waals surface area (Å²) in [6.45, 7) is 3.92. The second kappa shape index (κ2) is 9.19. The molecule has 0 atom stereocenters.